The largest absolute Gasteiger partial charge is 0.346 e. The fraction of sp³-hybridized carbons (Fsp3) is 0.118. The van der Waals surface area contributed by atoms with Crippen molar-refractivity contribution in [3.05, 3.63) is 67.3 Å². The molecule has 1 atom stereocenters. The predicted molar refractivity (Wildman–Crippen MR) is 86.9 cm³/mol. The highest BCUT2D eigenvalue weighted by atomic mass is 15.2. The minimum atomic E-state index is 0.216. The monoisotopic (exact) mass is 289 g/mol. The van der Waals surface area contributed by atoms with Crippen molar-refractivity contribution >= 4 is 22.3 Å². The Balaban J connectivity index is 1.84. The second-order valence-electron chi connectivity index (χ2n) is 5.36. The Kier molecular flexibility index (Phi) is 2.79. The fourth-order valence-electron chi connectivity index (χ4n) is 2.88. The highest BCUT2D eigenvalue weighted by Gasteiger charge is 2.28. The molecule has 0 radical (unpaired) electrons. The Morgan fingerprint density at radius 1 is 1.23 bits per heavy atom. The first kappa shape index (κ1) is 12.8. The van der Waals surface area contributed by atoms with E-state index in [9.17, 15) is 0 Å². The summed E-state index contributed by atoms with van der Waals surface area (Å²) in [7, 11) is 0. The molecule has 0 aromatic carbocycles. The lowest BCUT2D eigenvalue weighted by atomic mass is 9.97. The average molecular weight is 289 g/mol. The standard InChI is InChI=1S/C17H15N5/c1-11-12(2)22(9-15(11)13-7-18-10-19-8-13)16-4-6-21-17-14(16)3-5-20-17/h3-11H,2H2,1H3,(H,20,21). The quantitative estimate of drug-likeness (QED) is 0.786. The zero-order valence-corrected chi connectivity index (χ0v) is 12.2. The summed E-state index contributed by atoms with van der Waals surface area (Å²) in [4.78, 5) is 17.8. The second-order valence-corrected chi connectivity index (χ2v) is 5.36. The fourth-order valence-corrected chi connectivity index (χ4v) is 2.88. The molecule has 0 aliphatic carbocycles. The lowest BCUT2D eigenvalue weighted by Crippen LogP contribution is -2.13. The van der Waals surface area contributed by atoms with Crippen LogP contribution in [-0.4, -0.2) is 19.9 Å². The smallest absolute Gasteiger partial charge is 0.139 e. The molecule has 1 aliphatic heterocycles. The molecule has 0 fully saturated rings. The Hall–Kier alpha value is -2.95. The van der Waals surface area contributed by atoms with Crippen molar-refractivity contribution in [3.8, 4) is 0 Å². The maximum Gasteiger partial charge on any atom is 0.139 e. The highest BCUT2D eigenvalue weighted by Crippen LogP contribution is 2.40. The van der Waals surface area contributed by atoms with E-state index in [4.69, 9.17) is 0 Å². The van der Waals surface area contributed by atoms with Gasteiger partial charge in [-0.05, 0) is 17.7 Å². The van der Waals surface area contributed by atoms with E-state index in [0.29, 0.717) is 0 Å². The van der Waals surface area contributed by atoms with Gasteiger partial charge in [0.2, 0.25) is 0 Å². The van der Waals surface area contributed by atoms with E-state index in [-0.39, 0.29) is 5.92 Å². The number of H-pyrrole nitrogens is 1. The molecular formula is C17H15N5. The van der Waals surface area contributed by atoms with Crippen LogP contribution in [0.1, 0.15) is 12.5 Å². The first-order valence-corrected chi connectivity index (χ1v) is 7.13. The van der Waals surface area contributed by atoms with Gasteiger partial charge in [-0.3, -0.25) is 0 Å². The molecule has 1 N–H and O–H groups in total. The Morgan fingerprint density at radius 3 is 2.86 bits per heavy atom. The van der Waals surface area contributed by atoms with E-state index in [1.54, 1.807) is 6.33 Å². The molecule has 0 amide bonds. The molecule has 5 nitrogen and oxygen atoms in total. The van der Waals surface area contributed by atoms with Gasteiger partial charge in [-0.15, -0.1) is 0 Å². The molecule has 0 saturated heterocycles. The summed E-state index contributed by atoms with van der Waals surface area (Å²) in [6, 6.07) is 4.04. The number of hydrogen-bond acceptors (Lipinski definition) is 4. The van der Waals surface area contributed by atoms with E-state index in [1.165, 1.54) is 5.57 Å². The van der Waals surface area contributed by atoms with Crippen LogP contribution in [0.5, 0.6) is 0 Å². The van der Waals surface area contributed by atoms with Crippen molar-refractivity contribution in [2.75, 3.05) is 4.90 Å². The Bertz CT molecular complexity index is 878. The van der Waals surface area contributed by atoms with E-state index < -0.39 is 0 Å². The Morgan fingerprint density at radius 2 is 2.05 bits per heavy atom. The van der Waals surface area contributed by atoms with Crippen LogP contribution in [0, 0.1) is 5.92 Å². The summed E-state index contributed by atoms with van der Waals surface area (Å²) in [5.41, 5.74) is 5.19. The van der Waals surface area contributed by atoms with Crippen molar-refractivity contribution < 1.29 is 0 Å². The number of aromatic amines is 1. The molecule has 1 aliphatic rings. The van der Waals surface area contributed by atoms with Crippen LogP contribution in [-0.2, 0) is 0 Å². The lowest BCUT2D eigenvalue weighted by Gasteiger charge is -2.20. The van der Waals surface area contributed by atoms with Gasteiger partial charge in [0.15, 0.2) is 0 Å². The maximum absolute atomic E-state index is 4.34. The zero-order valence-electron chi connectivity index (χ0n) is 12.2. The molecule has 3 aromatic heterocycles. The molecule has 0 bridgehead atoms. The number of nitrogens with zero attached hydrogens (tertiary/aromatic N) is 4. The van der Waals surface area contributed by atoms with E-state index in [1.807, 2.05) is 36.9 Å². The summed E-state index contributed by atoms with van der Waals surface area (Å²) >= 11 is 0. The number of aromatic nitrogens is 4. The molecular weight excluding hydrogens is 274 g/mol. The van der Waals surface area contributed by atoms with Crippen molar-refractivity contribution in [1.29, 1.82) is 0 Å². The van der Waals surface area contributed by atoms with Crippen molar-refractivity contribution in [2.24, 2.45) is 5.92 Å². The highest BCUT2D eigenvalue weighted by molar-refractivity contribution is 5.93. The van der Waals surface area contributed by atoms with Gasteiger partial charge < -0.3 is 9.88 Å². The van der Waals surface area contributed by atoms with Crippen LogP contribution in [0.2, 0.25) is 0 Å². The second kappa shape index (κ2) is 4.80. The van der Waals surface area contributed by atoms with Gasteiger partial charge in [-0.1, -0.05) is 13.5 Å². The lowest BCUT2D eigenvalue weighted by molar-refractivity contribution is 0.893. The minimum Gasteiger partial charge on any atom is -0.346 e. The number of allylic oxidation sites excluding steroid dienone is 1. The summed E-state index contributed by atoms with van der Waals surface area (Å²) in [6.45, 7) is 6.41. The third-order valence-corrected chi connectivity index (χ3v) is 4.13. The number of rotatable bonds is 2. The molecule has 3 aromatic rings. The van der Waals surface area contributed by atoms with Crippen LogP contribution < -0.4 is 4.90 Å². The third kappa shape index (κ3) is 1.83. The van der Waals surface area contributed by atoms with Gasteiger partial charge in [0.05, 0.1) is 5.69 Å². The molecule has 0 spiro atoms. The van der Waals surface area contributed by atoms with Crippen molar-refractivity contribution in [2.45, 2.75) is 6.92 Å². The summed E-state index contributed by atoms with van der Waals surface area (Å²) in [5.74, 6) is 0.216. The molecule has 1 unspecified atom stereocenters. The molecule has 108 valence electrons. The summed E-state index contributed by atoms with van der Waals surface area (Å²) in [5, 5.41) is 1.08. The normalized spacial score (nSPS) is 18.0. The van der Waals surface area contributed by atoms with Crippen LogP contribution in [0.3, 0.4) is 0 Å². The molecule has 5 heteroatoms. The zero-order chi connectivity index (χ0) is 15.1. The first-order valence-electron chi connectivity index (χ1n) is 7.13. The number of pyridine rings is 1. The van der Waals surface area contributed by atoms with Crippen LogP contribution in [0.25, 0.3) is 16.6 Å². The van der Waals surface area contributed by atoms with Gasteiger partial charge in [0.25, 0.3) is 0 Å². The van der Waals surface area contributed by atoms with Gasteiger partial charge in [-0.2, -0.15) is 0 Å². The van der Waals surface area contributed by atoms with Crippen molar-refractivity contribution in [3.63, 3.8) is 0 Å². The molecule has 0 saturated carbocycles. The maximum atomic E-state index is 4.34. The summed E-state index contributed by atoms with van der Waals surface area (Å²) in [6.07, 6.45) is 11.0. The summed E-state index contributed by atoms with van der Waals surface area (Å²) < 4.78 is 0. The predicted octanol–water partition coefficient (Wildman–Crippen LogP) is 3.36. The van der Waals surface area contributed by atoms with E-state index >= 15 is 0 Å². The SMILES string of the molecule is C=C1C(C)C(c2cncnc2)=CN1c1ccnc2[nH]ccc12. The van der Waals surface area contributed by atoms with E-state index in [2.05, 4.69) is 44.5 Å². The van der Waals surface area contributed by atoms with E-state index in [0.717, 1.165) is 28.0 Å². The molecule has 4 rings (SSSR count). The first-order chi connectivity index (χ1) is 10.8. The molecule has 4 heterocycles. The van der Waals surface area contributed by atoms with Crippen molar-refractivity contribution in [1.82, 2.24) is 19.9 Å². The van der Waals surface area contributed by atoms with Crippen LogP contribution in [0.4, 0.5) is 5.69 Å². The van der Waals surface area contributed by atoms with Crippen LogP contribution in [0.15, 0.2) is 61.7 Å². The number of anilines is 1. The van der Waals surface area contributed by atoms with Gasteiger partial charge in [0, 0.05) is 53.6 Å². The number of hydrogen-bond donors (Lipinski definition) is 1. The third-order valence-electron chi connectivity index (χ3n) is 4.13. The number of nitrogens with one attached hydrogen (secondary N) is 1. The van der Waals surface area contributed by atoms with Gasteiger partial charge in [-0.25, -0.2) is 15.0 Å². The van der Waals surface area contributed by atoms with Crippen LogP contribution >= 0.6 is 0 Å². The Labute approximate surface area is 128 Å². The van der Waals surface area contributed by atoms with Gasteiger partial charge in [0.1, 0.15) is 12.0 Å². The minimum absolute atomic E-state index is 0.216. The topological polar surface area (TPSA) is 57.7 Å². The average Bonchev–Trinajstić information content (AvgIpc) is 3.14. The number of fused-ring (bicyclic) bond motifs is 1. The molecule has 22 heavy (non-hydrogen) atoms. The van der Waals surface area contributed by atoms with Gasteiger partial charge >= 0.3 is 0 Å².